The van der Waals surface area contributed by atoms with Gasteiger partial charge in [0, 0.05) is 10.1 Å². The van der Waals surface area contributed by atoms with E-state index in [1.807, 2.05) is 24.3 Å². The largest absolute Gasteiger partial charge is 0.330 e. The fraction of sp³-hybridized carbons (Fsp3) is 0.533. The van der Waals surface area contributed by atoms with Crippen LogP contribution in [0.2, 0.25) is 0 Å². The average molecular weight is 389 g/mol. The summed E-state index contributed by atoms with van der Waals surface area (Å²) in [6.07, 6.45) is 0. The molecular weight excluding hydrogens is 365 g/mol. The van der Waals surface area contributed by atoms with Gasteiger partial charge < -0.3 is 11.1 Å². The third-order valence-electron chi connectivity index (χ3n) is 3.17. The number of amides is 1. The molecule has 0 spiro atoms. The first-order valence-electron chi connectivity index (χ1n) is 6.85. The molecule has 1 rings (SSSR count). The molecule has 3 N–H and O–H groups in total. The van der Waals surface area contributed by atoms with Crippen molar-refractivity contribution in [1.29, 1.82) is 0 Å². The van der Waals surface area contributed by atoms with Gasteiger partial charge in [-0.1, -0.05) is 32.9 Å². The Labute approximate surface area is 135 Å². The minimum absolute atomic E-state index is 0.0174. The summed E-state index contributed by atoms with van der Waals surface area (Å²) in [6, 6.07) is 7.78. The molecule has 0 aliphatic rings. The van der Waals surface area contributed by atoms with Crippen LogP contribution in [0.3, 0.4) is 0 Å². The van der Waals surface area contributed by atoms with E-state index < -0.39 is 0 Å². The number of nitrogens with two attached hydrogens (primary N) is 1. The van der Waals surface area contributed by atoms with Gasteiger partial charge in [-0.2, -0.15) is 0 Å². The molecule has 0 heterocycles. The maximum absolute atomic E-state index is 12.1. The monoisotopic (exact) mass is 389 g/mol. The molecular formula is C15H24IN3O. The van der Waals surface area contributed by atoms with Gasteiger partial charge in [0.25, 0.3) is 0 Å². The number of para-hydroxylation sites is 1. The standard InChI is InChI=1S/C15H24IN3O/c1-4-19(11-15(2,3)10-17)9-14(20)18-13-8-6-5-7-12(13)16/h5-8H,4,9-11,17H2,1-3H3,(H,18,20). The van der Waals surface area contributed by atoms with Crippen molar-refractivity contribution in [2.75, 3.05) is 31.5 Å². The van der Waals surface area contributed by atoms with E-state index in [1.165, 1.54) is 0 Å². The molecule has 0 fully saturated rings. The highest BCUT2D eigenvalue weighted by molar-refractivity contribution is 14.1. The minimum atomic E-state index is 0.0174. The molecule has 1 aromatic carbocycles. The van der Waals surface area contributed by atoms with Gasteiger partial charge in [0.05, 0.1) is 12.2 Å². The highest BCUT2D eigenvalue weighted by Gasteiger charge is 2.21. The predicted molar refractivity (Wildman–Crippen MR) is 92.7 cm³/mol. The van der Waals surface area contributed by atoms with E-state index in [9.17, 15) is 4.79 Å². The molecule has 0 unspecified atom stereocenters. The number of likely N-dealkylation sites (N-methyl/N-ethyl adjacent to an activating group) is 1. The van der Waals surface area contributed by atoms with Gasteiger partial charge in [0.2, 0.25) is 5.91 Å². The summed E-state index contributed by atoms with van der Waals surface area (Å²) in [5.41, 5.74) is 6.65. The predicted octanol–water partition coefficient (Wildman–Crippen LogP) is 2.54. The number of carbonyl (C=O) groups is 1. The van der Waals surface area contributed by atoms with E-state index >= 15 is 0 Å². The van der Waals surface area contributed by atoms with E-state index in [4.69, 9.17) is 5.73 Å². The van der Waals surface area contributed by atoms with Gasteiger partial charge in [0.1, 0.15) is 0 Å². The molecule has 0 saturated heterocycles. The van der Waals surface area contributed by atoms with Gasteiger partial charge in [-0.25, -0.2) is 0 Å². The number of nitrogens with one attached hydrogen (secondary N) is 1. The number of hydrogen-bond donors (Lipinski definition) is 2. The van der Waals surface area contributed by atoms with Crippen LogP contribution in [-0.2, 0) is 4.79 Å². The average Bonchev–Trinajstić information content (AvgIpc) is 2.40. The number of benzene rings is 1. The van der Waals surface area contributed by atoms with Crippen molar-refractivity contribution in [2.45, 2.75) is 20.8 Å². The minimum Gasteiger partial charge on any atom is -0.330 e. The highest BCUT2D eigenvalue weighted by Crippen LogP contribution is 2.17. The van der Waals surface area contributed by atoms with Gasteiger partial charge >= 0.3 is 0 Å². The number of rotatable bonds is 7. The normalized spacial score (nSPS) is 11.7. The summed E-state index contributed by atoms with van der Waals surface area (Å²) >= 11 is 2.22. The molecule has 0 atom stereocenters. The van der Waals surface area contributed by atoms with Crippen LogP contribution in [0.25, 0.3) is 0 Å². The summed E-state index contributed by atoms with van der Waals surface area (Å²) in [4.78, 5) is 14.2. The molecule has 0 aliphatic heterocycles. The van der Waals surface area contributed by atoms with Crippen LogP contribution in [0.1, 0.15) is 20.8 Å². The summed E-state index contributed by atoms with van der Waals surface area (Å²) < 4.78 is 1.05. The van der Waals surface area contributed by atoms with Crippen molar-refractivity contribution in [2.24, 2.45) is 11.1 Å². The lowest BCUT2D eigenvalue weighted by Crippen LogP contribution is -2.42. The van der Waals surface area contributed by atoms with E-state index in [2.05, 4.69) is 53.6 Å². The first kappa shape index (κ1) is 17.4. The Balaban J connectivity index is 2.58. The number of carbonyl (C=O) groups excluding carboxylic acids is 1. The highest BCUT2D eigenvalue weighted by atomic mass is 127. The maximum atomic E-state index is 12.1. The summed E-state index contributed by atoms with van der Waals surface area (Å²) in [7, 11) is 0. The van der Waals surface area contributed by atoms with Crippen LogP contribution in [0, 0.1) is 8.99 Å². The fourth-order valence-corrected chi connectivity index (χ4v) is 2.43. The first-order valence-corrected chi connectivity index (χ1v) is 7.92. The Hall–Kier alpha value is -0.660. The van der Waals surface area contributed by atoms with Crippen molar-refractivity contribution < 1.29 is 4.79 Å². The molecule has 0 aliphatic carbocycles. The second-order valence-corrected chi connectivity index (χ2v) is 6.86. The van der Waals surface area contributed by atoms with Crippen LogP contribution in [0.4, 0.5) is 5.69 Å². The molecule has 20 heavy (non-hydrogen) atoms. The fourth-order valence-electron chi connectivity index (χ4n) is 1.90. The van der Waals surface area contributed by atoms with E-state index in [-0.39, 0.29) is 11.3 Å². The molecule has 112 valence electrons. The van der Waals surface area contributed by atoms with E-state index in [0.717, 1.165) is 22.3 Å². The van der Waals surface area contributed by atoms with Crippen molar-refractivity contribution in [3.63, 3.8) is 0 Å². The third-order valence-corrected chi connectivity index (χ3v) is 4.11. The van der Waals surface area contributed by atoms with Crippen molar-refractivity contribution in [1.82, 2.24) is 4.90 Å². The van der Waals surface area contributed by atoms with Crippen LogP contribution in [0.15, 0.2) is 24.3 Å². The van der Waals surface area contributed by atoms with Crippen molar-refractivity contribution >= 4 is 34.2 Å². The Kier molecular flexibility index (Phi) is 6.91. The third kappa shape index (κ3) is 5.76. The lowest BCUT2D eigenvalue weighted by Gasteiger charge is -2.30. The number of nitrogens with zero attached hydrogens (tertiary/aromatic N) is 1. The Morgan fingerprint density at radius 1 is 1.40 bits per heavy atom. The number of anilines is 1. The topological polar surface area (TPSA) is 58.4 Å². The number of halogens is 1. The summed E-state index contributed by atoms with van der Waals surface area (Å²) in [5, 5.41) is 2.96. The van der Waals surface area contributed by atoms with Crippen LogP contribution < -0.4 is 11.1 Å². The molecule has 5 heteroatoms. The van der Waals surface area contributed by atoms with Crippen LogP contribution in [0.5, 0.6) is 0 Å². The smallest absolute Gasteiger partial charge is 0.238 e. The van der Waals surface area contributed by atoms with E-state index in [1.54, 1.807) is 0 Å². The van der Waals surface area contributed by atoms with Gasteiger partial charge in [0.15, 0.2) is 0 Å². The Bertz CT molecular complexity index is 448. The second kappa shape index (κ2) is 7.95. The molecule has 0 bridgehead atoms. The Morgan fingerprint density at radius 2 is 2.05 bits per heavy atom. The second-order valence-electron chi connectivity index (χ2n) is 5.70. The quantitative estimate of drug-likeness (QED) is 0.705. The van der Waals surface area contributed by atoms with Crippen molar-refractivity contribution in [3.05, 3.63) is 27.8 Å². The van der Waals surface area contributed by atoms with E-state index in [0.29, 0.717) is 13.1 Å². The molecule has 0 radical (unpaired) electrons. The lowest BCUT2D eigenvalue weighted by molar-refractivity contribution is -0.117. The molecule has 1 aromatic rings. The molecule has 0 saturated carbocycles. The molecule has 0 aromatic heterocycles. The molecule has 1 amide bonds. The van der Waals surface area contributed by atoms with Gasteiger partial charge in [-0.15, -0.1) is 0 Å². The molecule has 4 nitrogen and oxygen atoms in total. The Morgan fingerprint density at radius 3 is 2.60 bits per heavy atom. The zero-order valence-electron chi connectivity index (χ0n) is 12.4. The van der Waals surface area contributed by atoms with Crippen LogP contribution >= 0.6 is 22.6 Å². The first-order chi connectivity index (χ1) is 9.38. The lowest BCUT2D eigenvalue weighted by atomic mass is 9.93. The summed E-state index contributed by atoms with van der Waals surface area (Å²) in [6.45, 7) is 8.96. The van der Waals surface area contributed by atoms with Crippen molar-refractivity contribution in [3.8, 4) is 0 Å². The SMILES string of the molecule is CCN(CC(=O)Nc1ccccc1I)CC(C)(C)CN. The van der Waals surface area contributed by atoms with Crippen LogP contribution in [-0.4, -0.2) is 37.0 Å². The zero-order chi connectivity index (χ0) is 15.2. The zero-order valence-corrected chi connectivity index (χ0v) is 14.6. The number of hydrogen-bond acceptors (Lipinski definition) is 3. The summed E-state index contributed by atoms with van der Waals surface area (Å²) in [5.74, 6) is 0.0174. The maximum Gasteiger partial charge on any atom is 0.238 e. The van der Waals surface area contributed by atoms with Gasteiger partial charge in [-0.05, 0) is 53.2 Å². The van der Waals surface area contributed by atoms with Gasteiger partial charge in [-0.3, -0.25) is 9.69 Å².